The molecule has 2 rings (SSSR count). The number of aryl methyl sites for hydroxylation is 1. The first-order valence-electron chi connectivity index (χ1n) is 6.34. The van der Waals surface area contributed by atoms with Crippen LogP contribution in [0.2, 0.25) is 0 Å². The van der Waals surface area contributed by atoms with Gasteiger partial charge in [0.15, 0.2) is 0 Å². The second-order valence-electron chi connectivity index (χ2n) is 5.40. The average molecular weight is 237 g/mol. The first-order valence-corrected chi connectivity index (χ1v) is 6.88. The van der Waals surface area contributed by atoms with Crippen molar-refractivity contribution in [1.29, 1.82) is 0 Å². The normalized spacial score (nSPS) is 19.4. The highest BCUT2D eigenvalue weighted by Gasteiger charge is 2.40. The monoisotopic (exact) mass is 236 g/mol. The van der Waals surface area contributed by atoms with Crippen molar-refractivity contribution in [2.45, 2.75) is 39.0 Å². The predicted molar refractivity (Wildman–Crippen MR) is 70.9 cm³/mol. The molecule has 1 heteroatoms. The summed E-state index contributed by atoms with van der Waals surface area (Å²) in [6.45, 7) is 2.36. The van der Waals surface area contributed by atoms with E-state index >= 15 is 0 Å². The van der Waals surface area contributed by atoms with Crippen LogP contribution in [-0.4, -0.2) is 5.88 Å². The SMILES string of the molecule is CC(CCl)(CCCc1ccccc1)C1CC1. The Morgan fingerprint density at radius 3 is 2.50 bits per heavy atom. The van der Waals surface area contributed by atoms with Gasteiger partial charge in [0, 0.05) is 5.88 Å². The molecule has 0 N–H and O–H groups in total. The largest absolute Gasteiger partial charge is 0.126 e. The Kier molecular flexibility index (Phi) is 3.91. The van der Waals surface area contributed by atoms with Gasteiger partial charge in [-0.05, 0) is 49.0 Å². The van der Waals surface area contributed by atoms with Gasteiger partial charge >= 0.3 is 0 Å². The Morgan fingerprint density at radius 1 is 1.25 bits per heavy atom. The van der Waals surface area contributed by atoms with Gasteiger partial charge in [-0.25, -0.2) is 0 Å². The van der Waals surface area contributed by atoms with Gasteiger partial charge in [0.1, 0.15) is 0 Å². The molecule has 1 fully saturated rings. The lowest BCUT2D eigenvalue weighted by Gasteiger charge is -2.27. The second-order valence-corrected chi connectivity index (χ2v) is 5.67. The summed E-state index contributed by atoms with van der Waals surface area (Å²) in [5.74, 6) is 1.73. The molecule has 0 heterocycles. The van der Waals surface area contributed by atoms with Crippen LogP contribution in [0.15, 0.2) is 30.3 Å². The highest BCUT2D eigenvalue weighted by Crippen LogP contribution is 2.48. The van der Waals surface area contributed by atoms with E-state index in [-0.39, 0.29) is 0 Å². The number of hydrogen-bond donors (Lipinski definition) is 0. The lowest BCUT2D eigenvalue weighted by molar-refractivity contribution is 0.281. The third kappa shape index (κ3) is 3.01. The van der Waals surface area contributed by atoms with Gasteiger partial charge in [0.05, 0.1) is 0 Å². The van der Waals surface area contributed by atoms with Crippen molar-refractivity contribution in [3.05, 3.63) is 35.9 Å². The van der Waals surface area contributed by atoms with E-state index in [1.807, 2.05) is 0 Å². The van der Waals surface area contributed by atoms with Crippen LogP contribution in [0.3, 0.4) is 0 Å². The van der Waals surface area contributed by atoms with E-state index in [1.54, 1.807) is 0 Å². The molecular weight excluding hydrogens is 216 g/mol. The zero-order valence-corrected chi connectivity index (χ0v) is 10.8. The molecule has 0 radical (unpaired) electrons. The van der Waals surface area contributed by atoms with E-state index in [2.05, 4.69) is 37.3 Å². The summed E-state index contributed by atoms with van der Waals surface area (Å²) < 4.78 is 0. The third-order valence-corrected chi connectivity index (χ3v) is 4.53. The molecule has 16 heavy (non-hydrogen) atoms. The minimum atomic E-state index is 0.399. The minimum Gasteiger partial charge on any atom is -0.126 e. The van der Waals surface area contributed by atoms with Gasteiger partial charge in [-0.2, -0.15) is 0 Å². The van der Waals surface area contributed by atoms with Crippen molar-refractivity contribution in [3.8, 4) is 0 Å². The third-order valence-electron chi connectivity index (χ3n) is 3.92. The number of hydrogen-bond acceptors (Lipinski definition) is 0. The topological polar surface area (TPSA) is 0 Å². The standard InChI is InChI=1S/C15H21Cl/c1-15(12-16,14-9-10-14)11-5-8-13-6-3-2-4-7-13/h2-4,6-7,14H,5,8-12H2,1H3. The van der Waals surface area contributed by atoms with Crippen molar-refractivity contribution in [1.82, 2.24) is 0 Å². The predicted octanol–water partition coefficient (Wildman–Crippen LogP) is 4.66. The highest BCUT2D eigenvalue weighted by atomic mass is 35.5. The summed E-state index contributed by atoms with van der Waals surface area (Å²) in [7, 11) is 0. The van der Waals surface area contributed by atoms with Crippen molar-refractivity contribution in [3.63, 3.8) is 0 Å². The van der Waals surface area contributed by atoms with E-state index in [0.717, 1.165) is 11.8 Å². The van der Waals surface area contributed by atoms with E-state index < -0.39 is 0 Å². The molecule has 0 aliphatic heterocycles. The van der Waals surface area contributed by atoms with Gasteiger partial charge in [-0.1, -0.05) is 37.3 Å². The molecule has 1 atom stereocenters. The zero-order chi connectivity index (χ0) is 11.4. The van der Waals surface area contributed by atoms with Crippen molar-refractivity contribution < 1.29 is 0 Å². The molecule has 0 bridgehead atoms. The first kappa shape index (κ1) is 12.0. The van der Waals surface area contributed by atoms with E-state index in [1.165, 1.54) is 37.7 Å². The Labute approximate surface area is 104 Å². The van der Waals surface area contributed by atoms with Gasteiger partial charge < -0.3 is 0 Å². The fraction of sp³-hybridized carbons (Fsp3) is 0.600. The molecule has 0 amide bonds. The molecule has 1 aliphatic rings. The van der Waals surface area contributed by atoms with Crippen LogP contribution in [-0.2, 0) is 6.42 Å². The van der Waals surface area contributed by atoms with Gasteiger partial charge in [-0.15, -0.1) is 11.6 Å². The summed E-state index contributed by atoms with van der Waals surface area (Å²) >= 11 is 6.13. The fourth-order valence-electron chi connectivity index (χ4n) is 2.50. The summed E-state index contributed by atoms with van der Waals surface area (Å²) in [6, 6.07) is 10.8. The van der Waals surface area contributed by atoms with Crippen LogP contribution < -0.4 is 0 Å². The Bertz CT molecular complexity index is 315. The molecule has 1 aliphatic carbocycles. The molecule has 88 valence electrons. The van der Waals surface area contributed by atoms with Crippen molar-refractivity contribution in [2.24, 2.45) is 11.3 Å². The lowest BCUT2D eigenvalue weighted by Crippen LogP contribution is -2.21. The zero-order valence-electron chi connectivity index (χ0n) is 10.1. The molecule has 0 aromatic heterocycles. The number of benzene rings is 1. The summed E-state index contributed by atoms with van der Waals surface area (Å²) in [5.41, 5.74) is 1.85. The Hall–Kier alpha value is -0.490. The number of halogens is 1. The summed E-state index contributed by atoms with van der Waals surface area (Å²) in [4.78, 5) is 0. The van der Waals surface area contributed by atoms with Crippen LogP contribution in [0.25, 0.3) is 0 Å². The van der Waals surface area contributed by atoms with Crippen LogP contribution in [0.4, 0.5) is 0 Å². The van der Waals surface area contributed by atoms with Crippen LogP contribution >= 0.6 is 11.6 Å². The second kappa shape index (κ2) is 5.23. The Balaban J connectivity index is 1.79. The molecule has 1 aromatic carbocycles. The van der Waals surface area contributed by atoms with Gasteiger partial charge in [0.2, 0.25) is 0 Å². The molecule has 0 saturated heterocycles. The van der Waals surface area contributed by atoms with Crippen molar-refractivity contribution in [2.75, 3.05) is 5.88 Å². The van der Waals surface area contributed by atoms with E-state index in [0.29, 0.717) is 5.41 Å². The van der Waals surface area contributed by atoms with E-state index in [4.69, 9.17) is 11.6 Å². The average Bonchev–Trinajstić information content (AvgIpc) is 3.14. The van der Waals surface area contributed by atoms with Crippen LogP contribution in [0.1, 0.15) is 38.2 Å². The minimum absolute atomic E-state index is 0.399. The highest BCUT2D eigenvalue weighted by molar-refractivity contribution is 6.18. The van der Waals surface area contributed by atoms with Gasteiger partial charge in [0.25, 0.3) is 0 Å². The maximum atomic E-state index is 6.13. The molecule has 1 unspecified atom stereocenters. The quantitative estimate of drug-likeness (QED) is 0.630. The fourth-order valence-corrected chi connectivity index (χ4v) is 2.85. The molecule has 0 spiro atoms. The van der Waals surface area contributed by atoms with E-state index in [9.17, 15) is 0 Å². The van der Waals surface area contributed by atoms with Crippen molar-refractivity contribution >= 4 is 11.6 Å². The lowest BCUT2D eigenvalue weighted by atomic mass is 9.81. The van der Waals surface area contributed by atoms with Crippen LogP contribution in [0, 0.1) is 11.3 Å². The molecular formula is C15H21Cl. The first-order chi connectivity index (χ1) is 7.74. The molecule has 1 saturated carbocycles. The molecule has 0 nitrogen and oxygen atoms in total. The van der Waals surface area contributed by atoms with Crippen LogP contribution in [0.5, 0.6) is 0 Å². The number of alkyl halides is 1. The summed E-state index contributed by atoms with van der Waals surface area (Å²) in [5, 5.41) is 0. The maximum absolute atomic E-state index is 6.13. The smallest absolute Gasteiger partial charge is 0.0280 e. The summed E-state index contributed by atoms with van der Waals surface area (Å²) in [6.07, 6.45) is 6.53. The molecule has 1 aromatic rings. The Morgan fingerprint density at radius 2 is 1.94 bits per heavy atom. The van der Waals surface area contributed by atoms with Gasteiger partial charge in [-0.3, -0.25) is 0 Å². The maximum Gasteiger partial charge on any atom is 0.0280 e. The number of rotatable bonds is 6.